The van der Waals surface area contributed by atoms with Crippen molar-refractivity contribution in [1.82, 2.24) is 14.8 Å². The van der Waals surface area contributed by atoms with Crippen LogP contribution >= 0.6 is 11.3 Å². The SMILES string of the molecule is Cc1[nH]nc(NC(=O)c2sccc2-n2cccc2)c1C. The minimum atomic E-state index is -0.140. The number of thiophene rings is 1. The Bertz CT molecular complexity index is 739. The molecule has 3 aromatic rings. The Labute approximate surface area is 120 Å². The maximum atomic E-state index is 12.4. The number of nitrogens with zero attached hydrogens (tertiary/aromatic N) is 2. The van der Waals surface area contributed by atoms with Gasteiger partial charge in [0, 0.05) is 23.7 Å². The van der Waals surface area contributed by atoms with Crippen LogP contribution in [0.4, 0.5) is 5.82 Å². The number of hydrogen-bond donors (Lipinski definition) is 2. The quantitative estimate of drug-likeness (QED) is 0.777. The van der Waals surface area contributed by atoms with Gasteiger partial charge in [0.2, 0.25) is 0 Å². The van der Waals surface area contributed by atoms with Crippen molar-refractivity contribution in [1.29, 1.82) is 0 Å². The van der Waals surface area contributed by atoms with E-state index in [4.69, 9.17) is 0 Å². The number of hydrogen-bond acceptors (Lipinski definition) is 3. The predicted octanol–water partition coefficient (Wildman–Crippen LogP) is 3.13. The summed E-state index contributed by atoms with van der Waals surface area (Å²) >= 11 is 1.42. The fourth-order valence-corrected chi connectivity index (χ4v) is 2.73. The minimum absolute atomic E-state index is 0.140. The second kappa shape index (κ2) is 4.97. The van der Waals surface area contributed by atoms with Crippen LogP contribution in [0.15, 0.2) is 36.0 Å². The molecule has 3 aromatic heterocycles. The third-order valence-electron chi connectivity index (χ3n) is 3.22. The topological polar surface area (TPSA) is 62.7 Å². The summed E-state index contributed by atoms with van der Waals surface area (Å²) in [6.45, 7) is 3.85. The third-order valence-corrected chi connectivity index (χ3v) is 4.12. The molecule has 0 aromatic carbocycles. The lowest BCUT2D eigenvalue weighted by molar-refractivity contribution is 0.103. The lowest BCUT2D eigenvalue weighted by Crippen LogP contribution is -2.13. The van der Waals surface area contributed by atoms with Crippen LogP contribution < -0.4 is 5.32 Å². The van der Waals surface area contributed by atoms with Gasteiger partial charge in [-0.15, -0.1) is 11.3 Å². The van der Waals surface area contributed by atoms with Crippen LogP contribution in [0, 0.1) is 13.8 Å². The van der Waals surface area contributed by atoms with Crippen LogP contribution in [0.5, 0.6) is 0 Å². The maximum Gasteiger partial charge on any atom is 0.269 e. The summed E-state index contributed by atoms with van der Waals surface area (Å²) in [7, 11) is 0. The first kappa shape index (κ1) is 12.7. The monoisotopic (exact) mass is 286 g/mol. The predicted molar refractivity (Wildman–Crippen MR) is 79.7 cm³/mol. The average Bonchev–Trinajstić information content (AvgIpc) is 3.14. The van der Waals surface area contributed by atoms with E-state index >= 15 is 0 Å². The van der Waals surface area contributed by atoms with Gasteiger partial charge in [-0.3, -0.25) is 9.89 Å². The van der Waals surface area contributed by atoms with Crippen molar-refractivity contribution >= 4 is 23.1 Å². The number of aromatic nitrogens is 3. The van der Waals surface area contributed by atoms with E-state index in [0.29, 0.717) is 10.7 Å². The van der Waals surface area contributed by atoms with Crippen molar-refractivity contribution in [2.24, 2.45) is 0 Å². The van der Waals surface area contributed by atoms with Crippen LogP contribution in [0.2, 0.25) is 0 Å². The summed E-state index contributed by atoms with van der Waals surface area (Å²) < 4.78 is 1.92. The van der Waals surface area contributed by atoms with Crippen molar-refractivity contribution in [3.8, 4) is 5.69 Å². The van der Waals surface area contributed by atoms with Gasteiger partial charge < -0.3 is 9.88 Å². The van der Waals surface area contributed by atoms with E-state index in [1.165, 1.54) is 11.3 Å². The van der Waals surface area contributed by atoms with Crippen molar-refractivity contribution in [2.75, 3.05) is 5.32 Å². The van der Waals surface area contributed by atoms with Gasteiger partial charge in [0.15, 0.2) is 5.82 Å². The normalized spacial score (nSPS) is 10.7. The molecule has 0 aliphatic heterocycles. The second-order valence-corrected chi connectivity index (χ2v) is 5.42. The number of nitrogens with one attached hydrogen (secondary N) is 2. The number of aryl methyl sites for hydroxylation is 1. The Balaban J connectivity index is 1.89. The van der Waals surface area contributed by atoms with Gasteiger partial charge in [-0.05, 0) is 37.4 Å². The fourth-order valence-electron chi connectivity index (χ4n) is 1.94. The number of carbonyl (C=O) groups excluding carboxylic acids is 1. The minimum Gasteiger partial charge on any atom is -0.322 e. The molecular formula is C14H14N4OS. The molecule has 0 radical (unpaired) electrons. The lowest BCUT2D eigenvalue weighted by Gasteiger charge is -2.05. The number of carbonyl (C=O) groups is 1. The average molecular weight is 286 g/mol. The Hall–Kier alpha value is -2.34. The number of aromatic amines is 1. The van der Waals surface area contributed by atoms with E-state index in [2.05, 4.69) is 15.5 Å². The second-order valence-electron chi connectivity index (χ2n) is 4.50. The lowest BCUT2D eigenvalue weighted by atomic mass is 10.2. The largest absolute Gasteiger partial charge is 0.322 e. The summed E-state index contributed by atoms with van der Waals surface area (Å²) in [5.41, 5.74) is 2.79. The molecule has 0 spiro atoms. The molecule has 20 heavy (non-hydrogen) atoms. The zero-order valence-electron chi connectivity index (χ0n) is 11.2. The Morgan fingerprint density at radius 2 is 2.10 bits per heavy atom. The number of H-pyrrole nitrogens is 1. The summed E-state index contributed by atoms with van der Waals surface area (Å²) in [6.07, 6.45) is 3.84. The summed E-state index contributed by atoms with van der Waals surface area (Å²) in [4.78, 5) is 13.1. The molecule has 0 atom stereocenters. The number of rotatable bonds is 3. The molecule has 102 valence electrons. The first-order valence-corrected chi connectivity index (χ1v) is 7.08. The highest BCUT2D eigenvalue weighted by Crippen LogP contribution is 2.23. The molecule has 6 heteroatoms. The zero-order chi connectivity index (χ0) is 14.1. The Kier molecular flexibility index (Phi) is 3.15. The maximum absolute atomic E-state index is 12.4. The third kappa shape index (κ3) is 2.14. The molecule has 0 saturated carbocycles. The van der Waals surface area contributed by atoms with E-state index in [1.54, 1.807) is 0 Å². The molecule has 0 aliphatic carbocycles. The Morgan fingerprint density at radius 3 is 2.75 bits per heavy atom. The molecular weight excluding hydrogens is 272 g/mol. The van der Waals surface area contributed by atoms with Gasteiger partial charge in [0.1, 0.15) is 4.88 Å². The van der Waals surface area contributed by atoms with E-state index in [1.807, 2.05) is 54.4 Å². The molecule has 3 heterocycles. The molecule has 2 N–H and O–H groups in total. The molecule has 0 fully saturated rings. The standard InChI is InChI=1S/C14H14N4OS/c1-9-10(2)16-17-13(9)15-14(19)12-11(5-8-20-12)18-6-3-4-7-18/h3-8H,1-2H3,(H2,15,16,17,19). The van der Waals surface area contributed by atoms with E-state index in [-0.39, 0.29) is 5.91 Å². The first-order valence-electron chi connectivity index (χ1n) is 6.20. The van der Waals surface area contributed by atoms with Crippen LogP contribution in [0.1, 0.15) is 20.9 Å². The molecule has 1 amide bonds. The van der Waals surface area contributed by atoms with Crippen LogP contribution in [-0.2, 0) is 0 Å². The smallest absolute Gasteiger partial charge is 0.269 e. The molecule has 0 aliphatic rings. The van der Waals surface area contributed by atoms with Crippen LogP contribution in [-0.4, -0.2) is 20.7 Å². The highest BCUT2D eigenvalue weighted by atomic mass is 32.1. The highest BCUT2D eigenvalue weighted by molar-refractivity contribution is 7.12. The van der Waals surface area contributed by atoms with E-state index in [9.17, 15) is 4.79 Å². The molecule has 0 unspecified atom stereocenters. The van der Waals surface area contributed by atoms with E-state index < -0.39 is 0 Å². The summed E-state index contributed by atoms with van der Waals surface area (Å²) in [5.74, 6) is 0.442. The highest BCUT2D eigenvalue weighted by Gasteiger charge is 2.16. The van der Waals surface area contributed by atoms with Crippen molar-refractivity contribution < 1.29 is 4.79 Å². The van der Waals surface area contributed by atoms with Crippen molar-refractivity contribution in [3.05, 3.63) is 52.1 Å². The summed E-state index contributed by atoms with van der Waals surface area (Å²) in [5, 5.41) is 11.7. The van der Waals surface area contributed by atoms with Crippen molar-refractivity contribution in [3.63, 3.8) is 0 Å². The number of anilines is 1. The van der Waals surface area contributed by atoms with Gasteiger partial charge in [-0.2, -0.15) is 5.10 Å². The fraction of sp³-hybridized carbons (Fsp3) is 0.143. The zero-order valence-corrected chi connectivity index (χ0v) is 12.0. The van der Waals surface area contributed by atoms with Crippen LogP contribution in [0.25, 0.3) is 5.69 Å². The Morgan fingerprint density at radius 1 is 1.35 bits per heavy atom. The molecule has 0 bridgehead atoms. The van der Waals surface area contributed by atoms with Crippen molar-refractivity contribution in [2.45, 2.75) is 13.8 Å². The van der Waals surface area contributed by atoms with Gasteiger partial charge in [-0.1, -0.05) is 0 Å². The molecule has 0 saturated heterocycles. The van der Waals surface area contributed by atoms with E-state index in [0.717, 1.165) is 16.9 Å². The first-order chi connectivity index (χ1) is 9.66. The van der Waals surface area contributed by atoms with Gasteiger partial charge in [-0.25, -0.2) is 0 Å². The molecule has 3 rings (SSSR count). The summed E-state index contributed by atoms with van der Waals surface area (Å²) in [6, 6.07) is 5.80. The van der Waals surface area contributed by atoms with Gasteiger partial charge in [0.05, 0.1) is 5.69 Å². The number of amides is 1. The van der Waals surface area contributed by atoms with Gasteiger partial charge >= 0.3 is 0 Å². The van der Waals surface area contributed by atoms with Gasteiger partial charge in [0.25, 0.3) is 5.91 Å². The van der Waals surface area contributed by atoms with Crippen LogP contribution in [0.3, 0.4) is 0 Å². The molecule has 5 nitrogen and oxygen atoms in total.